The Bertz CT molecular complexity index is 934. The number of aryl methyl sites for hydroxylation is 2. The number of hydrogen-bond acceptors (Lipinski definition) is 3. The van der Waals surface area contributed by atoms with Crippen LogP contribution in [0.3, 0.4) is 0 Å². The van der Waals surface area contributed by atoms with E-state index in [0.29, 0.717) is 11.3 Å². The fraction of sp³-hybridized carbons (Fsp3) is 0.105. The number of amides is 4. The van der Waals surface area contributed by atoms with E-state index < -0.39 is 23.7 Å². The highest BCUT2D eigenvalue weighted by atomic mass is 19.1. The summed E-state index contributed by atoms with van der Waals surface area (Å²) in [5, 5.41) is 2.14. The van der Waals surface area contributed by atoms with Crippen molar-refractivity contribution in [2.45, 2.75) is 13.8 Å². The summed E-state index contributed by atoms with van der Waals surface area (Å²) >= 11 is 0. The second-order valence-electron chi connectivity index (χ2n) is 5.78. The van der Waals surface area contributed by atoms with Gasteiger partial charge in [0.05, 0.1) is 5.69 Å². The molecule has 1 aliphatic heterocycles. The van der Waals surface area contributed by atoms with Gasteiger partial charge in [-0.25, -0.2) is 14.1 Å². The van der Waals surface area contributed by atoms with E-state index in [9.17, 15) is 18.8 Å². The molecule has 0 spiro atoms. The maximum absolute atomic E-state index is 13.3. The van der Waals surface area contributed by atoms with E-state index in [4.69, 9.17) is 0 Å². The average molecular weight is 338 g/mol. The smallest absolute Gasteiger partial charge is 0.273 e. The minimum atomic E-state index is -0.811. The Hall–Kier alpha value is -3.28. The van der Waals surface area contributed by atoms with Crippen molar-refractivity contribution in [2.75, 3.05) is 4.90 Å². The second-order valence-corrected chi connectivity index (χ2v) is 5.78. The molecule has 2 aromatic carbocycles. The van der Waals surface area contributed by atoms with Gasteiger partial charge in [0.25, 0.3) is 11.8 Å². The Morgan fingerprint density at radius 3 is 2.44 bits per heavy atom. The number of urea groups is 1. The molecule has 0 aliphatic carbocycles. The molecule has 1 N–H and O–H groups in total. The first-order chi connectivity index (χ1) is 11.9. The van der Waals surface area contributed by atoms with Crippen LogP contribution in [0.15, 0.2) is 48.0 Å². The Kier molecular flexibility index (Phi) is 4.19. The van der Waals surface area contributed by atoms with Gasteiger partial charge < -0.3 is 0 Å². The standard InChI is InChI=1S/C19H15FN2O3/c1-11-6-7-15(8-12(11)2)22-18(24)16(17(23)21-19(22)25)10-13-4-3-5-14(20)9-13/h3-10H,1-2H3,(H,21,23,25). The first kappa shape index (κ1) is 16.6. The first-order valence-electron chi connectivity index (χ1n) is 7.61. The van der Waals surface area contributed by atoms with Crippen molar-refractivity contribution in [1.82, 2.24) is 5.32 Å². The van der Waals surface area contributed by atoms with Crippen molar-refractivity contribution in [1.29, 1.82) is 0 Å². The van der Waals surface area contributed by atoms with Crippen molar-refractivity contribution in [2.24, 2.45) is 0 Å². The molecule has 6 heteroatoms. The van der Waals surface area contributed by atoms with Gasteiger partial charge in [0, 0.05) is 0 Å². The number of nitrogens with one attached hydrogen (secondary N) is 1. The van der Waals surface area contributed by atoms with Gasteiger partial charge in [-0.3, -0.25) is 14.9 Å². The summed E-state index contributed by atoms with van der Waals surface area (Å²) in [6, 6.07) is 9.80. The third kappa shape index (κ3) is 3.19. The maximum Gasteiger partial charge on any atom is 0.335 e. The number of imide groups is 2. The Morgan fingerprint density at radius 1 is 1.00 bits per heavy atom. The van der Waals surface area contributed by atoms with Crippen LogP contribution < -0.4 is 10.2 Å². The molecule has 0 aromatic heterocycles. The maximum atomic E-state index is 13.3. The van der Waals surface area contributed by atoms with Gasteiger partial charge in [0.2, 0.25) is 0 Å². The average Bonchev–Trinajstić information content (AvgIpc) is 2.55. The molecule has 0 atom stereocenters. The molecule has 25 heavy (non-hydrogen) atoms. The highest BCUT2D eigenvalue weighted by molar-refractivity contribution is 6.39. The summed E-state index contributed by atoms with van der Waals surface area (Å²) in [6.07, 6.45) is 1.27. The fourth-order valence-corrected chi connectivity index (χ4v) is 2.52. The van der Waals surface area contributed by atoms with E-state index in [0.717, 1.165) is 16.0 Å². The summed E-state index contributed by atoms with van der Waals surface area (Å²) in [7, 11) is 0. The zero-order valence-corrected chi connectivity index (χ0v) is 13.7. The molecular formula is C19H15FN2O3. The number of barbiturate groups is 1. The molecule has 1 saturated heterocycles. The highest BCUT2D eigenvalue weighted by Crippen LogP contribution is 2.24. The van der Waals surface area contributed by atoms with E-state index in [1.165, 1.54) is 24.3 Å². The van der Waals surface area contributed by atoms with Crippen LogP contribution in [0.4, 0.5) is 14.9 Å². The van der Waals surface area contributed by atoms with Gasteiger partial charge in [-0.15, -0.1) is 0 Å². The van der Waals surface area contributed by atoms with Crippen LogP contribution in [0.1, 0.15) is 16.7 Å². The molecule has 3 rings (SSSR count). The van der Waals surface area contributed by atoms with Crippen LogP contribution in [-0.4, -0.2) is 17.8 Å². The van der Waals surface area contributed by atoms with Gasteiger partial charge >= 0.3 is 6.03 Å². The van der Waals surface area contributed by atoms with Crippen LogP contribution in [0, 0.1) is 19.7 Å². The van der Waals surface area contributed by atoms with Gasteiger partial charge in [-0.05, 0) is 60.9 Å². The molecule has 0 radical (unpaired) electrons. The largest absolute Gasteiger partial charge is 0.335 e. The van der Waals surface area contributed by atoms with Crippen LogP contribution in [0.2, 0.25) is 0 Å². The van der Waals surface area contributed by atoms with Crippen molar-refractivity contribution in [3.05, 3.63) is 70.5 Å². The Balaban J connectivity index is 2.03. The number of carbonyl (C=O) groups is 3. The van der Waals surface area contributed by atoms with Crippen molar-refractivity contribution >= 4 is 29.6 Å². The van der Waals surface area contributed by atoms with E-state index >= 15 is 0 Å². The Labute approximate surface area is 143 Å². The summed E-state index contributed by atoms with van der Waals surface area (Å²) in [5.41, 5.74) is 2.41. The number of nitrogens with zero attached hydrogens (tertiary/aromatic N) is 1. The van der Waals surface area contributed by atoms with Crippen LogP contribution >= 0.6 is 0 Å². The molecular weight excluding hydrogens is 323 g/mol. The molecule has 126 valence electrons. The number of carbonyl (C=O) groups excluding carboxylic acids is 3. The van der Waals surface area contributed by atoms with Gasteiger partial charge in [0.1, 0.15) is 11.4 Å². The molecule has 0 bridgehead atoms. The fourth-order valence-electron chi connectivity index (χ4n) is 2.52. The summed E-state index contributed by atoms with van der Waals surface area (Å²) in [4.78, 5) is 37.8. The zero-order chi connectivity index (χ0) is 18.1. The topological polar surface area (TPSA) is 66.5 Å². The lowest BCUT2D eigenvalue weighted by Gasteiger charge is -2.26. The number of rotatable bonds is 2. The van der Waals surface area contributed by atoms with Crippen molar-refractivity contribution < 1.29 is 18.8 Å². The third-order valence-corrected chi connectivity index (χ3v) is 4.01. The normalized spacial score (nSPS) is 16.4. The van der Waals surface area contributed by atoms with Crippen molar-refractivity contribution in [3.63, 3.8) is 0 Å². The summed E-state index contributed by atoms with van der Waals surface area (Å²) in [5.74, 6) is -2.04. The lowest BCUT2D eigenvalue weighted by Crippen LogP contribution is -2.54. The molecule has 4 amide bonds. The van der Waals surface area contributed by atoms with E-state index in [1.807, 2.05) is 13.8 Å². The number of halogens is 1. The predicted octanol–water partition coefficient (Wildman–Crippen LogP) is 3.11. The van der Waals surface area contributed by atoms with E-state index in [-0.39, 0.29) is 5.57 Å². The minimum absolute atomic E-state index is 0.233. The SMILES string of the molecule is Cc1ccc(N2C(=O)NC(=O)C(=Cc3cccc(F)c3)C2=O)cc1C. The van der Waals surface area contributed by atoms with E-state index in [2.05, 4.69) is 5.32 Å². The molecule has 2 aromatic rings. The van der Waals surface area contributed by atoms with Crippen LogP contribution in [0.5, 0.6) is 0 Å². The van der Waals surface area contributed by atoms with Crippen LogP contribution in [0.25, 0.3) is 6.08 Å². The van der Waals surface area contributed by atoms with E-state index in [1.54, 1.807) is 24.3 Å². The highest BCUT2D eigenvalue weighted by Gasteiger charge is 2.36. The molecule has 5 nitrogen and oxygen atoms in total. The van der Waals surface area contributed by atoms with Crippen LogP contribution in [-0.2, 0) is 9.59 Å². The van der Waals surface area contributed by atoms with Gasteiger partial charge in [-0.1, -0.05) is 18.2 Å². The van der Waals surface area contributed by atoms with Gasteiger partial charge in [-0.2, -0.15) is 0 Å². The second kappa shape index (κ2) is 6.32. The zero-order valence-electron chi connectivity index (χ0n) is 13.7. The lowest BCUT2D eigenvalue weighted by atomic mass is 10.1. The molecule has 1 fully saturated rings. The third-order valence-electron chi connectivity index (χ3n) is 4.01. The molecule has 0 unspecified atom stereocenters. The summed E-state index contributed by atoms with van der Waals surface area (Å²) < 4.78 is 13.3. The van der Waals surface area contributed by atoms with Crippen molar-refractivity contribution in [3.8, 4) is 0 Å². The summed E-state index contributed by atoms with van der Waals surface area (Å²) in [6.45, 7) is 3.77. The number of anilines is 1. The minimum Gasteiger partial charge on any atom is -0.273 e. The predicted molar refractivity (Wildman–Crippen MR) is 91.3 cm³/mol. The Morgan fingerprint density at radius 2 is 1.76 bits per heavy atom. The lowest BCUT2D eigenvalue weighted by molar-refractivity contribution is -0.122. The molecule has 1 heterocycles. The first-order valence-corrected chi connectivity index (χ1v) is 7.61. The quantitative estimate of drug-likeness (QED) is 0.676. The number of benzene rings is 2. The monoisotopic (exact) mass is 338 g/mol. The molecule has 1 aliphatic rings. The number of hydrogen-bond donors (Lipinski definition) is 1. The molecule has 0 saturated carbocycles. The van der Waals surface area contributed by atoms with Gasteiger partial charge in [0.15, 0.2) is 0 Å².